The first kappa shape index (κ1) is 30.3. The van der Waals surface area contributed by atoms with Gasteiger partial charge in [-0.2, -0.15) is 0 Å². The molecule has 0 N–H and O–H groups in total. The van der Waals surface area contributed by atoms with E-state index in [9.17, 15) is 9.59 Å². The zero-order valence-electron chi connectivity index (χ0n) is 25.3. The Morgan fingerprint density at radius 3 is 1.35 bits per heavy atom. The maximum Gasteiger partial charge on any atom is 0.254 e. The lowest BCUT2D eigenvalue weighted by Crippen LogP contribution is -2.59. The highest BCUT2D eigenvalue weighted by Crippen LogP contribution is 2.31. The number of carbonyl (C=O) groups is 2. The molecule has 2 amide bonds. The van der Waals surface area contributed by atoms with Crippen LogP contribution in [0.4, 0.5) is 0 Å². The largest absolute Gasteiger partial charge is 0.332 e. The standard InChI is InChI=1S/C38H30Br2N4O2/c1-23-21-44(38(46)32-20-36(26-13-17-28(40)18-14-26)42-34-10-6-4-8-30(32)34)24(2)22-43(23)37(45)31-19-35(25-11-15-27(39)16-12-25)41-33-9-5-3-7-29(31)33/h3-20,23-24H,21-22H2,1-2H3. The second kappa shape index (κ2) is 12.4. The predicted molar refractivity (Wildman–Crippen MR) is 191 cm³/mol. The SMILES string of the molecule is CC1CN(C(=O)c2cc(-c3ccc(Br)cc3)nc3ccccc23)C(C)CN1C(=O)c1cc(-c2ccc(Br)cc2)nc2ccccc12. The molecule has 6 aromatic rings. The first-order valence-electron chi connectivity index (χ1n) is 15.2. The zero-order valence-corrected chi connectivity index (χ0v) is 28.5. The van der Waals surface area contributed by atoms with Gasteiger partial charge >= 0.3 is 0 Å². The van der Waals surface area contributed by atoms with Crippen molar-refractivity contribution in [2.24, 2.45) is 0 Å². The van der Waals surface area contributed by atoms with Gasteiger partial charge < -0.3 is 9.80 Å². The fourth-order valence-electron chi connectivity index (χ4n) is 6.24. The fourth-order valence-corrected chi connectivity index (χ4v) is 6.77. The molecule has 1 aliphatic rings. The average molecular weight is 734 g/mol. The molecule has 0 bridgehead atoms. The maximum absolute atomic E-state index is 14.3. The van der Waals surface area contributed by atoms with Gasteiger partial charge in [-0.05, 0) is 62.4 Å². The summed E-state index contributed by atoms with van der Waals surface area (Å²) in [6, 6.07) is 34.8. The molecule has 1 saturated heterocycles. The number of hydrogen-bond acceptors (Lipinski definition) is 4. The van der Waals surface area contributed by atoms with E-state index in [1.165, 1.54) is 0 Å². The molecule has 0 saturated carbocycles. The molecule has 0 aliphatic carbocycles. The summed E-state index contributed by atoms with van der Waals surface area (Å²) in [6.07, 6.45) is 0. The number of benzene rings is 4. The van der Waals surface area contributed by atoms with E-state index in [1.807, 2.05) is 133 Å². The van der Waals surface area contributed by atoms with Crippen molar-refractivity contribution in [3.8, 4) is 22.5 Å². The minimum atomic E-state index is -0.199. The molecule has 6 nitrogen and oxygen atoms in total. The van der Waals surface area contributed by atoms with Gasteiger partial charge in [-0.3, -0.25) is 9.59 Å². The van der Waals surface area contributed by atoms with E-state index in [1.54, 1.807) is 0 Å². The molecule has 4 aromatic carbocycles. The summed E-state index contributed by atoms with van der Waals surface area (Å²) in [5, 5.41) is 1.63. The van der Waals surface area contributed by atoms with Gasteiger partial charge in [0, 0.05) is 56.0 Å². The van der Waals surface area contributed by atoms with Gasteiger partial charge in [0.1, 0.15) is 0 Å². The van der Waals surface area contributed by atoms with Crippen molar-refractivity contribution in [2.45, 2.75) is 25.9 Å². The minimum absolute atomic E-state index is 0.0599. The zero-order chi connectivity index (χ0) is 31.9. The van der Waals surface area contributed by atoms with Crippen molar-refractivity contribution in [3.63, 3.8) is 0 Å². The van der Waals surface area contributed by atoms with E-state index in [0.717, 1.165) is 53.3 Å². The first-order valence-corrected chi connectivity index (χ1v) is 16.8. The summed E-state index contributed by atoms with van der Waals surface area (Å²) in [6.45, 7) is 4.86. The van der Waals surface area contributed by atoms with Crippen molar-refractivity contribution < 1.29 is 9.59 Å². The molecular formula is C38H30Br2N4O2. The Morgan fingerprint density at radius 2 is 0.957 bits per heavy atom. The van der Waals surface area contributed by atoms with Crippen LogP contribution in [-0.4, -0.2) is 56.8 Å². The molecule has 1 aliphatic heterocycles. The van der Waals surface area contributed by atoms with Gasteiger partial charge in [0.2, 0.25) is 0 Å². The molecule has 0 spiro atoms. The Balaban J connectivity index is 1.20. The predicted octanol–water partition coefficient (Wildman–Crippen LogP) is 9.02. The molecule has 8 heteroatoms. The Morgan fingerprint density at radius 1 is 0.587 bits per heavy atom. The van der Waals surface area contributed by atoms with Gasteiger partial charge in [-0.15, -0.1) is 0 Å². The quantitative estimate of drug-likeness (QED) is 0.181. The highest BCUT2D eigenvalue weighted by Gasteiger charge is 2.36. The van der Waals surface area contributed by atoms with Gasteiger partial charge in [0.05, 0.1) is 33.5 Å². The number of para-hydroxylation sites is 2. The van der Waals surface area contributed by atoms with E-state index < -0.39 is 0 Å². The second-order valence-corrected chi connectivity index (χ2v) is 13.6. The van der Waals surface area contributed by atoms with Crippen LogP contribution in [-0.2, 0) is 0 Å². The Labute approximate surface area is 284 Å². The van der Waals surface area contributed by atoms with E-state index in [2.05, 4.69) is 31.9 Å². The second-order valence-electron chi connectivity index (χ2n) is 11.8. The number of nitrogens with zero attached hydrogens (tertiary/aromatic N) is 4. The van der Waals surface area contributed by atoms with E-state index in [0.29, 0.717) is 24.2 Å². The normalized spacial score (nSPS) is 16.6. The summed E-state index contributed by atoms with van der Waals surface area (Å²) in [5.74, 6) is -0.120. The van der Waals surface area contributed by atoms with Crippen LogP contribution in [0.5, 0.6) is 0 Å². The number of amides is 2. The first-order chi connectivity index (χ1) is 22.3. The summed E-state index contributed by atoms with van der Waals surface area (Å²) in [4.78, 5) is 42.2. The third-order valence-electron chi connectivity index (χ3n) is 8.68. The van der Waals surface area contributed by atoms with Crippen molar-refractivity contribution in [3.05, 3.63) is 129 Å². The monoisotopic (exact) mass is 732 g/mol. The molecule has 46 heavy (non-hydrogen) atoms. The van der Waals surface area contributed by atoms with Crippen LogP contribution in [0.1, 0.15) is 34.6 Å². The fraction of sp³-hybridized carbons (Fsp3) is 0.158. The number of hydrogen-bond donors (Lipinski definition) is 0. The number of carbonyl (C=O) groups excluding carboxylic acids is 2. The molecule has 2 aromatic heterocycles. The van der Waals surface area contributed by atoms with Crippen LogP contribution in [0.3, 0.4) is 0 Å². The minimum Gasteiger partial charge on any atom is -0.332 e. The van der Waals surface area contributed by atoms with Crippen LogP contribution in [0.15, 0.2) is 118 Å². The van der Waals surface area contributed by atoms with Gasteiger partial charge in [0.25, 0.3) is 11.8 Å². The van der Waals surface area contributed by atoms with Crippen molar-refractivity contribution >= 4 is 65.5 Å². The number of pyridine rings is 2. The average Bonchev–Trinajstić information content (AvgIpc) is 3.08. The lowest BCUT2D eigenvalue weighted by molar-refractivity contribution is 0.0272. The van der Waals surface area contributed by atoms with Gasteiger partial charge in [-0.1, -0.05) is 92.5 Å². The molecule has 0 radical (unpaired) electrons. The molecule has 3 heterocycles. The van der Waals surface area contributed by atoms with Gasteiger partial charge in [-0.25, -0.2) is 9.97 Å². The van der Waals surface area contributed by atoms with Crippen molar-refractivity contribution in [2.75, 3.05) is 13.1 Å². The summed E-state index contributed by atoms with van der Waals surface area (Å²) >= 11 is 7.01. The Bertz CT molecular complexity index is 1960. The molecule has 2 unspecified atom stereocenters. The lowest BCUT2D eigenvalue weighted by atomic mass is 9.99. The van der Waals surface area contributed by atoms with E-state index >= 15 is 0 Å². The van der Waals surface area contributed by atoms with Crippen LogP contribution < -0.4 is 0 Å². The third-order valence-corrected chi connectivity index (χ3v) is 9.74. The molecule has 228 valence electrons. The third kappa shape index (κ3) is 5.72. The number of aromatic nitrogens is 2. The Kier molecular flexibility index (Phi) is 8.17. The maximum atomic E-state index is 14.3. The van der Waals surface area contributed by atoms with E-state index in [4.69, 9.17) is 9.97 Å². The highest BCUT2D eigenvalue weighted by molar-refractivity contribution is 9.10. The van der Waals surface area contributed by atoms with E-state index in [-0.39, 0.29) is 23.9 Å². The summed E-state index contributed by atoms with van der Waals surface area (Å²) < 4.78 is 1.96. The summed E-state index contributed by atoms with van der Waals surface area (Å²) in [5.41, 5.74) is 6.13. The summed E-state index contributed by atoms with van der Waals surface area (Å²) in [7, 11) is 0. The highest BCUT2D eigenvalue weighted by atomic mass is 79.9. The van der Waals surface area contributed by atoms with Crippen LogP contribution >= 0.6 is 31.9 Å². The number of piperazine rings is 1. The van der Waals surface area contributed by atoms with Crippen LogP contribution in [0, 0.1) is 0 Å². The number of rotatable bonds is 4. The van der Waals surface area contributed by atoms with Crippen LogP contribution in [0.25, 0.3) is 44.3 Å². The molecule has 7 rings (SSSR count). The number of halogens is 2. The smallest absolute Gasteiger partial charge is 0.254 e. The number of fused-ring (bicyclic) bond motifs is 2. The molecular weight excluding hydrogens is 704 g/mol. The molecule has 2 atom stereocenters. The van der Waals surface area contributed by atoms with Crippen LogP contribution in [0.2, 0.25) is 0 Å². The lowest BCUT2D eigenvalue weighted by Gasteiger charge is -2.44. The van der Waals surface area contributed by atoms with Crippen molar-refractivity contribution in [1.82, 2.24) is 19.8 Å². The Hall–Kier alpha value is -4.40. The van der Waals surface area contributed by atoms with Gasteiger partial charge in [0.15, 0.2) is 0 Å². The van der Waals surface area contributed by atoms with Crippen molar-refractivity contribution in [1.29, 1.82) is 0 Å². The topological polar surface area (TPSA) is 66.4 Å². The molecule has 1 fully saturated rings.